The van der Waals surface area contributed by atoms with Crippen molar-refractivity contribution in [3.63, 3.8) is 0 Å². The van der Waals surface area contributed by atoms with Gasteiger partial charge in [0.1, 0.15) is 29.0 Å². The lowest BCUT2D eigenvalue weighted by Gasteiger charge is -2.40. The normalized spacial score (nSPS) is 23.1. The van der Waals surface area contributed by atoms with Crippen LogP contribution in [0.2, 0.25) is 0 Å². The molecule has 0 spiro atoms. The number of amidine groups is 1. The smallest absolute Gasteiger partial charge is 0.138 e. The van der Waals surface area contributed by atoms with Crippen LogP contribution in [-0.2, 0) is 0 Å². The quantitative estimate of drug-likeness (QED) is 0.389. The first kappa shape index (κ1) is 23.8. The maximum Gasteiger partial charge on any atom is 0.138 e. The fraction of sp³-hybridized carbons (Fsp3) is 0.407. The second-order valence-electron chi connectivity index (χ2n) is 9.16. The largest absolute Gasteiger partial charge is 0.457 e. The number of hydrogen-bond donors (Lipinski definition) is 2. The molecule has 34 heavy (non-hydrogen) atoms. The maximum absolute atomic E-state index is 9.76. The average Bonchev–Trinajstić information content (AvgIpc) is 2.86. The average molecular weight is 459 g/mol. The van der Waals surface area contributed by atoms with E-state index in [1.165, 1.54) is 0 Å². The van der Waals surface area contributed by atoms with Crippen LogP contribution in [-0.4, -0.2) is 60.9 Å². The van der Waals surface area contributed by atoms with Crippen molar-refractivity contribution in [3.8, 4) is 17.6 Å². The van der Waals surface area contributed by atoms with E-state index in [4.69, 9.17) is 21.2 Å². The van der Waals surface area contributed by atoms with Gasteiger partial charge < -0.3 is 21.1 Å². The number of ether oxygens (including phenoxy) is 1. The van der Waals surface area contributed by atoms with Crippen LogP contribution in [0.25, 0.3) is 5.70 Å². The Morgan fingerprint density at radius 2 is 1.53 bits per heavy atom. The number of nitrogens with zero attached hydrogens (tertiary/aromatic N) is 4. The summed E-state index contributed by atoms with van der Waals surface area (Å²) in [5.74, 6) is 1.68. The van der Waals surface area contributed by atoms with E-state index in [2.05, 4.69) is 22.9 Å². The minimum Gasteiger partial charge on any atom is -0.457 e. The van der Waals surface area contributed by atoms with Gasteiger partial charge in [0.25, 0.3) is 0 Å². The number of para-hydroxylation sites is 1. The lowest BCUT2D eigenvalue weighted by Crippen LogP contribution is -2.50. The molecule has 2 fully saturated rings. The topological polar surface area (TPSA) is 104 Å². The van der Waals surface area contributed by atoms with Gasteiger partial charge in [0.15, 0.2) is 0 Å². The molecule has 0 unspecified atom stereocenters. The SMILES string of the molecule is CN1CCN(C2CCC(N=C(N)/C(C#N)=C(\N)c3ccc(Oc4ccccc4)cc3)CC2)CC1. The molecule has 1 heterocycles. The standard InChI is InChI=1S/C27H34N6O/c1-32-15-17-33(18-16-32)22-11-9-21(10-12-22)31-27(30)25(19-28)26(29)20-7-13-24(14-8-20)34-23-5-3-2-4-6-23/h2-8,13-14,21-22H,9-12,15-18,29H2,1H3,(H2,30,31)/b26-25-. The molecule has 1 saturated carbocycles. The summed E-state index contributed by atoms with van der Waals surface area (Å²) in [6, 6.07) is 19.8. The Morgan fingerprint density at radius 1 is 0.912 bits per heavy atom. The van der Waals surface area contributed by atoms with Gasteiger partial charge in [0.2, 0.25) is 0 Å². The number of piperazine rings is 1. The first-order valence-electron chi connectivity index (χ1n) is 12.0. The Labute approximate surface area is 202 Å². The highest BCUT2D eigenvalue weighted by Crippen LogP contribution is 2.27. The number of rotatable bonds is 6. The Kier molecular flexibility index (Phi) is 7.84. The van der Waals surface area contributed by atoms with Crippen molar-refractivity contribution < 1.29 is 4.74 Å². The van der Waals surface area contributed by atoms with E-state index in [9.17, 15) is 5.26 Å². The molecule has 0 aromatic heterocycles. The van der Waals surface area contributed by atoms with Crippen molar-refractivity contribution in [2.45, 2.75) is 37.8 Å². The van der Waals surface area contributed by atoms with Gasteiger partial charge in [-0.25, -0.2) is 0 Å². The molecule has 1 saturated heterocycles. The highest BCUT2D eigenvalue weighted by atomic mass is 16.5. The van der Waals surface area contributed by atoms with Crippen molar-refractivity contribution in [2.24, 2.45) is 16.5 Å². The summed E-state index contributed by atoms with van der Waals surface area (Å²) in [5.41, 5.74) is 13.9. The van der Waals surface area contributed by atoms with Crippen molar-refractivity contribution in [1.82, 2.24) is 9.80 Å². The molecule has 1 aliphatic carbocycles. The summed E-state index contributed by atoms with van der Waals surface area (Å²) < 4.78 is 5.83. The second-order valence-corrected chi connectivity index (χ2v) is 9.16. The molecule has 0 bridgehead atoms. The van der Waals surface area contributed by atoms with Crippen molar-refractivity contribution in [1.29, 1.82) is 5.26 Å². The van der Waals surface area contributed by atoms with Gasteiger partial charge in [-0.15, -0.1) is 0 Å². The van der Waals surface area contributed by atoms with Crippen LogP contribution in [0.5, 0.6) is 11.5 Å². The molecular formula is C27H34N6O. The third-order valence-electron chi connectivity index (χ3n) is 6.82. The predicted octanol–water partition coefficient (Wildman–Crippen LogP) is 3.59. The highest BCUT2D eigenvalue weighted by Gasteiger charge is 2.27. The number of benzene rings is 2. The van der Waals surface area contributed by atoms with Crippen molar-refractivity contribution >= 4 is 11.5 Å². The first-order chi connectivity index (χ1) is 16.5. The van der Waals surface area contributed by atoms with Crippen LogP contribution in [0, 0.1) is 11.3 Å². The first-order valence-corrected chi connectivity index (χ1v) is 12.0. The van der Waals surface area contributed by atoms with Gasteiger partial charge >= 0.3 is 0 Å². The molecule has 4 rings (SSSR count). The third kappa shape index (κ3) is 5.96. The van der Waals surface area contributed by atoms with Crippen LogP contribution >= 0.6 is 0 Å². The molecule has 2 aromatic carbocycles. The molecular weight excluding hydrogens is 424 g/mol. The van der Waals surface area contributed by atoms with Crippen LogP contribution < -0.4 is 16.2 Å². The third-order valence-corrected chi connectivity index (χ3v) is 6.82. The van der Waals surface area contributed by atoms with E-state index in [0.29, 0.717) is 23.1 Å². The number of likely N-dealkylation sites (N-methyl/N-ethyl adjacent to an activating group) is 1. The summed E-state index contributed by atoms with van der Waals surface area (Å²) in [5, 5.41) is 9.76. The van der Waals surface area contributed by atoms with Gasteiger partial charge in [-0.3, -0.25) is 9.89 Å². The summed E-state index contributed by atoms with van der Waals surface area (Å²) in [4.78, 5) is 9.71. The fourth-order valence-electron chi connectivity index (χ4n) is 4.73. The molecule has 7 heteroatoms. The lowest BCUT2D eigenvalue weighted by molar-refractivity contribution is 0.0884. The number of aliphatic imine (C=N–C) groups is 1. The van der Waals surface area contributed by atoms with E-state index in [1.54, 1.807) is 0 Å². The van der Waals surface area contributed by atoms with Gasteiger partial charge in [-0.05, 0) is 74.7 Å². The zero-order valence-corrected chi connectivity index (χ0v) is 19.9. The van der Waals surface area contributed by atoms with Crippen LogP contribution in [0.4, 0.5) is 0 Å². The molecule has 178 valence electrons. The fourth-order valence-corrected chi connectivity index (χ4v) is 4.73. The monoisotopic (exact) mass is 458 g/mol. The minimum atomic E-state index is 0.140. The predicted molar refractivity (Wildman–Crippen MR) is 136 cm³/mol. The van der Waals surface area contributed by atoms with Gasteiger partial charge in [-0.2, -0.15) is 5.26 Å². The number of hydrogen-bond acceptors (Lipinski definition) is 6. The maximum atomic E-state index is 9.76. The Balaban J connectivity index is 1.38. The summed E-state index contributed by atoms with van der Waals surface area (Å²) in [6.45, 7) is 4.56. The van der Waals surface area contributed by atoms with E-state index in [-0.39, 0.29) is 17.5 Å². The zero-order chi connectivity index (χ0) is 23.9. The van der Waals surface area contributed by atoms with Crippen LogP contribution in [0.1, 0.15) is 31.2 Å². The van der Waals surface area contributed by atoms with Gasteiger partial charge in [-0.1, -0.05) is 18.2 Å². The summed E-state index contributed by atoms with van der Waals surface area (Å²) >= 11 is 0. The van der Waals surface area contributed by atoms with Gasteiger partial charge in [0, 0.05) is 32.2 Å². The van der Waals surface area contributed by atoms with Crippen LogP contribution in [0.3, 0.4) is 0 Å². The lowest BCUT2D eigenvalue weighted by atomic mass is 9.90. The van der Waals surface area contributed by atoms with E-state index >= 15 is 0 Å². The van der Waals surface area contributed by atoms with E-state index in [0.717, 1.165) is 57.6 Å². The van der Waals surface area contributed by atoms with Gasteiger partial charge in [0.05, 0.1) is 11.7 Å². The minimum absolute atomic E-state index is 0.140. The molecule has 0 radical (unpaired) electrons. The molecule has 0 atom stereocenters. The Bertz CT molecular complexity index is 1040. The molecule has 7 nitrogen and oxygen atoms in total. The molecule has 2 aromatic rings. The van der Waals surface area contributed by atoms with E-state index in [1.807, 2.05) is 54.6 Å². The zero-order valence-electron chi connectivity index (χ0n) is 19.9. The number of nitriles is 1. The van der Waals surface area contributed by atoms with Crippen LogP contribution in [0.15, 0.2) is 65.2 Å². The van der Waals surface area contributed by atoms with Crippen molar-refractivity contribution in [3.05, 3.63) is 65.7 Å². The molecule has 0 amide bonds. The molecule has 4 N–H and O–H groups in total. The highest BCUT2D eigenvalue weighted by molar-refractivity contribution is 6.07. The summed E-state index contributed by atoms with van der Waals surface area (Å²) in [7, 11) is 2.19. The molecule has 1 aliphatic heterocycles. The number of nitrogens with two attached hydrogens (primary N) is 2. The Morgan fingerprint density at radius 3 is 2.15 bits per heavy atom. The van der Waals surface area contributed by atoms with Crippen molar-refractivity contribution in [2.75, 3.05) is 33.2 Å². The summed E-state index contributed by atoms with van der Waals surface area (Å²) in [6.07, 6.45) is 4.22. The Hall–Kier alpha value is -3.34. The molecule has 2 aliphatic rings. The second kappa shape index (κ2) is 11.2. The van der Waals surface area contributed by atoms with E-state index < -0.39 is 0 Å².